The van der Waals surface area contributed by atoms with Gasteiger partial charge in [0.1, 0.15) is 0 Å². The highest BCUT2D eigenvalue weighted by Gasteiger charge is 2.08. The number of rotatable bonds is 4. The molecule has 1 aromatic heterocycles. The summed E-state index contributed by atoms with van der Waals surface area (Å²) in [6.45, 7) is 0.340. The van der Waals surface area contributed by atoms with Gasteiger partial charge in [-0.15, -0.1) is 0 Å². The Balaban J connectivity index is 1.93. The molecule has 0 unspecified atom stereocenters. The van der Waals surface area contributed by atoms with Crippen molar-refractivity contribution in [3.05, 3.63) is 47.3 Å². The summed E-state index contributed by atoms with van der Waals surface area (Å²) in [5, 5.41) is 12.3. The van der Waals surface area contributed by atoms with E-state index in [4.69, 9.17) is 0 Å². The smallest absolute Gasteiger partial charge is 0.337 e. The highest BCUT2D eigenvalue weighted by atomic mass is 16.5. The van der Waals surface area contributed by atoms with Crippen LogP contribution in [0.3, 0.4) is 0 Å². The zero-order chi connectivity index (χ0) is 13.7. The zero-order valence-electron chi connectivity index (χ0n) is 10.2. The number of H-pyrrole nitrogens is 1. The van der Waals surface area contributed by atoms with Gasteiger partial charge in [0.2, 0.25) is 0 Å². The molecule has 0 bridgehead atoms. The number of nitrogens with zero attached hydrogens (tertiary/aromatic N) is 2. The summed E-state index contributed by atoms with van der Waals surface area (Å²) in [5.41, 5.74) is 1.56. The van der Waals surface area contributed by atoms with E-state index in [1.807, 2.05) is 0 Å². The van der Waals surface area contributed by atoms with Crippen molar-refractivity contribution in [2.24, 2.45) is 0 Å². The number of hydrogen-bond donors (Lipinski definition) is 2. The number of aromatic nitrogens is 3. The van der Waals surface area contributed by atoms with Crippen LogP contribution in [0.15, 0.2) is 30.5 Å². The SMILES string of the molecule is COC(=O)c1ccc(CNC(=O)c2cn[nH]n2)cc1. The number of ether oxygens (including phenoxy) is 1. The standard InChI is InChI=1S/C12H12N4O3/c1-19-12(18)9-4-2-8(3-5-9)6-13-11(17)10-7-14-16-15-10/h2-5,7H,6H2,1H3,(H,13,17)(H,14,15,16). The van der Waals surface area contributed by atoms with Crippen molar-refractivity contribution in [1.29, 1.82) is 0 Å². The van der Waals surface area contributed by atoms with Crippen LogP contribution < -0.4 is 5.32 Å². The lowest BCUT2D eigenvalue weighted by atomic mass is 10.1. The van der Waals surface area contributed by atoms with Crippen molar-refractivity contribution in [2.45, 2.75) is 6.54 Å². The Morgan fingerprint density at radius 2 is 2.05 bits per heavy atom. The number of nitrogens with one attached hydrogen (secondary N) is 2. The van der Waals surface area contributed by atoms with Gasteiger partial charge in [0.15, 0.2) is 5.69 Å². The van der Waals surface area contributed by atoms with Crippen LogP contribution >= 0.6 is 0 Å². The summed E-state index contributed by atoms with van der Waals surface area (Å²) in [7, 11) is 1.33. The molecule has 0 saturated carbocycles. The third-order valence-electron chi connectivity index (χ3n) is 2.48. The van der Waals surface area contributed by atoms with Gasteiger partial charge < -0.3 is 10.1 Å². The molecule has 1 aromatic carbocycles. The second kappa shape index (κ2) is 5.76. The summed E-state index contributed by atoms with van der Waals surface area (Å²) >= 11 is 0. The van der Waals surface area contributed by atoms with Crippen molar-refractivity contribution in [3.8, 4) is 0 Å². The lowest BCUT2D eigenvalue weighted by molar-refractivity contribution is 0.0600. The normalized spacial score (nSPS) is 9.95. The average molecular weight is 260 g/mol. The Hall–Kier alpha value is -2.70. The van der Waals surface area contributed by atoms with E-state index >= 15 is 0 Å². The molecule has 0 saturated heterocycles. The molecule has 2 rings (SSSR count). The molecule has 0 atom stereocenters. The number of amides is 1. The number of carbonyl (C=O) groups excluding carboxylic acids is 2. The van der Waals surface area contributed by atoms with E-state index in [0.717, 1.165) is 5.56 Å². The number of esters is 1. The number of methoxy groups -OCH3 is 1. The molecule has 0 fully saturated rings. The first-order valence-electron chi connectivity index (χ1n) is 5.52. The lowest BCUT2D eigenvalue weighted by Gasteiger charge is -2.04. The second-order valence-electron chi connectivity index (χ2n) is 3.73. The van der Waals surface area contributed by atoms with E-state index < -0.39 is 5.97 Å². The van der Waals surface area contributed by atoms with Crippen LogP contribution in [-0.2, 0) is 11.3 Å². The van der Waals surface area contributed by atoms with Crippen molar-refractivity contribution >= 4 is 11.9 Å². The van der Waals surface area contributed by atoms with Crippen LogP contribution in [0.5, 0.6) is 0 Å². The van der Waals surface area contributed by atoms with Gasteiger partial charge in [0.05, 0.1) is 18.9 Å². The predicted molar refractivity (Wildman–Crippen MR) is 65.3 cm³/mol. The molecular formula is C12H12N4O3. The maximum atomic E-state index is 11.6. The largest absolute Gasteiger partial charge is 0.465 e. The van der Waals surface area contributed by atoms with Crippen LogP contribution in [0.1, 0.15) is 26.4 Å². The highest BCUT2D eigenvalue weighted by Crippen LogP contribution is 2.05. The number of carbonyl (C=O) groups is 2. The topological polar surface area (TPSA) is 97.0 Å². The Labute approximate surface area is 109 Å². The first kappa shape index (κ1) is 12.7. The van der Waals surface area contributed by atoms with Gasteiger partial charge >= 0.3 is 5.97 Å². The summed E-state index contributed by atoms with van der Waals surface area (Å²) < 4.78 is 4.60. The predicted octanol–water partition coefficient (Wildman–Crippen LogP) is 0.521. The van der Waals surface area contributed by atoms with Crippen LogP contribution in [0.25, 0.3) is 0 Å². The molecule has 0 radical (unpaired) electrons. The summed E-state index contributed by atoms with van der Waals surface area (Å²) in [6, 6.07) is 6.78. The molecule has 0 aliphatic heterocycles. The quantitative estimate of drug-likeness (QED) is 0.781. The maximum Gasteiger partial charge on any atom is 0.337 e. The number of benzene rings is 1. The molecule has 1 amide bonds. The molecule has 0 aliphatic rings. The highest BCUT2D eigenvalue weighted by molar-refractivity contribution is 5.91. The molecule has 0 aliphatic carbocycles. The van der Waals surface area contributed by atoms with Crippen LogP contribution in [0, 0.1) is 0 Å². The fraction of sp³-hybridized carbons (Fsp3) is 0.167. The number of aromatic amines is 1. The first-order chi connectivity index (χ1) is 9.20. The second-order valence-corrected chi connectivity index (χ2v) is 3.73. The molecule has 2 aromatic rings. The monoisotopic (exact) mass is 260 g/mol. The van der Waals surface area contributed by atoms with Gasteiger partial charge in [0.25, 0.3) is 5.91 Å². The van der Waals surface area contributed by atoms with Gasteiger partial charge in [-0.2, -0.15) is 15.4 Å². The average Bonchev–Trinajstić information content (AvgIpc) is 2.98. The van der Waals surface area contributed by atoms with E-state index in [9.17, 15) is 9.59 Å². The fourth-order valence-corrected chi connectivity index (χ4v) is 1.46. The van der Waals surface area contributed by atoms with Gasteiger partial charge in [-0.1, -0.05) is 12.1 Å². The minimum absolute atomic E-state index is 0.228. The van der Waals surface area contributed by atoms with E-state index in [-0.39, 0.29) is 11.6 Å². The molecule has 19 heavy (non-hydrogen) atoms. The van der Waals surface area contributed by atoms with E-state index in [2.05, 4.69) is 25.5 Å². The van der Waals surface area contributed by atoms with Crippen molar-refractivity contribution in [2.75, 3.05) is 7.11 Å². The van der Waals surface area contributed by atoms with Crippen molar-refractivity contribution in [1.82, 2.24) is 20.7 Å². The van der Waals surface area contributed by atoms with Crippen LogP contribution in [0.4, 0.5) is 0 Å². The minimum Gasteiger partial charge on any atom is -0.465 e. The summed E-state index contributed by atoms with van der Waals surface area (Å²) in [6.07, 6.45) is 1.34. The third kappa shape index (κ3) is 3.15. The first-order valence-corrected chi connectivity index (χ1v) is 5.52. The molecule has 1 heterocycles. The van der Waals surface area contributed by atoms with E-state index in [0.29, 0.717) is 12.1 Å². The molecular weight excluding hydrogens is 248 g/mol. The molecule has 98 valence electrons. The molecule has 0 spiro atoms. The van der Waals surface area contributed by atoms with E-state index in [1.165, 1.54) is 13.3 Å². The Morgan fingerprint density at radius 3 is 2.63 bits per heavy atom. The summed E-state index contributed by atoms with van der Waals surface area (Å²) in [5.74, 6) is -0.705. The van der Waals surface area contributed by atoms with Gasteiger partial charge in [-0.25, -0.2) is 4.79 Å². The van der Waals surface area contributed by atoms with Crippen LogP contribution in [0.2, 0.25) is 0 Å². The lowest BCUT2D eigenvalue weighted by Crippen LogP contribution is -2.23. The van der Waals surface area contributed by atoms with Crippen LogP contribution in [-0.4, -0.2) is 34.4 Å². The zero-order valence-corrected chi connectivity index (χ0v) is 10.2. The van der Waals surface area contributed by atoms with Gasteiger partial charge in [-0.05, 0) is 17.7 Å². The molecule has 2 N–H and O–H groups in total. The summed E-state index contributed by atoms with van der Waals surface area (Å²) in [4.78, 5) is 22.8. The van der Waals surface area contributed by atoms with E-state index in [1.54, 1.807) is 24.3 Å². The number of hydrogen-bond acceptors (Lipinski definition) is 5. The maximum absolute atomic E-state index is 11.6. The fourth-order valence-electron chi connectivity index (χ4n) is 1.46. The molecule has 7 nitrogen and oxygen atoms in total. The Kier molecular flexibility index (Phi) is 3.87. The Bertz CT molecular complexity index is 563. The van der Waals surface area contributed by atoms with Crippen molar-refractivity contribution < 1.29 is 14.3 Å². The minimum atomic E-state index is -0.391. The molecule has 7 heteroatoms. The van der Waals surface area contributed by atoms with Gasteiger partial charge in [0, 0.05) is 6.54 Å². The van der Waals surface area contributed by atoms with Crippen molar-refractivity contribution in [3.63, 3.8) is 0 Å². The third-order valence-corrected chi connectivity index (χ3v) is 2.48. The van der Waals surface area contributed by atoms with Gasteiger partial charge in [-0.3, -0.25) is 4.79 Å². The Morgan fingerprint density at radius 1 is 1.32 bits per heavy atom.